The van der Waals surface area contributed by atoms with Crippen LogP contribution in [0.4, 0.5) is 9.18 Å². The summed E-state index contributed by atoms with van der Waals surface area (Å²) in [6, 6.07) is 3.92. The van der Waals surface area contributed by atoms with Crippen molar-refractivity contribution in [1.82, 2.24) is 5.32 Å². The van der Waals surface area contributed by atoms with Gasteiger partial charge in [-0.1, -0.05) is 12.1 Å². The first-order chi connectivity index (χ1) is 10.8. The fourth-order valence-electron chi connectivity index (χ4n) is 1.84. The molecular weight excluding hydrogens is 301 g/mol. The van der Waals surface area contributed by atoms with E-state index < -0.39 is 23.6 Å². The number of amides is 1. The Morgan fingerprint density at radius 1 is 1.43 bits per heavy atom. The van der Waals surface area contributed by atoms with Crippen LogP contribution in [-0.4, -0.2) is 32.0 Å². The van der Waals surface area contributed by atoms with Crippen LogP contribution in [0.5, 0.6) is 5.75 Å². The molecule has 0 bridgehead atoms. The highest BCUT2D eigenvalue weighted by Crippen LogP contribution is 2.22. The van der Waals surface area contributed by atoms with Crippen molar-refractivity contribution in [2.24, 2.45) is 0 Å². The second kappa shape index (κ2) is 8.53. The van der Waals surface area contributed by atoms with Gasteiger partial charge in [0, 0.05) is 0 Å². The normalized spacial score (nSPS) is 12.4. The molecule has 6 heteroatoms. The number of hydrogen-bond acceptors (Lipinski definition) is 4. The largest absolute Gasteiger partial charge is 0.494 e. The standard InChI is InChI=1S/C17H24FNO4/c1-6-9-22-11-14(19-16(20)23-17(2,3)4)12-7-8-15(21-5)13(18)10-12/h6-8,10,14H,1,9,11H2,2-5H3,(H,19,20)/t14-/m1/s1. The first-order valence-electron chi connectivity index (χ1n) is 7.28. The van der Waals surface area contributed by atoms with Gasteiger partial charge in [0.1, 0.15) is 5.60 Å². The Kier molecular flexibility index (Phi) is 7.03. The molecule has 0 saturated heterocycles. The number of halogens is 1. The molecule has 1 aromatic carbocycles. The third-order valence-corrected chi connectivity index (χ3v) is 2.79. The number of alkyl carbamates (subject to hydrolysis) is 1. The summed E-state index contributed by atoms with van der Waals surface area (Å²) in [6.07, 6.45) is 1.00. The minimum Gasteiger partial charge on any atom is -0.494 e. The zero-order chi connectivity index (χ0) is 17.5. The fourth-order valence-corrected chi connectivity index (χ4v) is 1.84. The lowest BCUT2D eigenvalue weighted by Gasteiger charge is -2.24. The van der Waals surface area contributed by atoms with E-state index in [9.17, 15) is 9.18 Å². The number of benzene rings is 1. The van der Waals surface area contributed by atoms with Gasteiger partial charge in [0.2, 0.25) is 0 Å². The van der Waals surface area contributed by atoms with Gasteiger partial charge in [0.15, 0.2) is 11.6 Å². The molecule has 0 aliphatic heterocycles. The number of methoxy groups -OCH3 is 1. The summed E-state index contributed by atoms with van der Waals surface area (Å²) in [5.41, 5.74) is -0.0693. The maximum atomic E-state index is 13.9. The van der Waals surface area contributed by atoms with E-state index in [2.05, 4.69) is 11.9 Å². The molecule has 0 aliphatic carbocycles. The van der Waals surface area contributed by atoms with E-state index in [-0.39, 0.29) is 12.4 Å². The molecule has 0 aliphatic rings. The second-order valence-electron chi connectivity index (χ2n) is 5.92. The van der Waals surface area contributed by atoms with Crippen molar-refractivity contribution in [3.63, 3.8) is 0 Å². The van der Waals surface area contributed by atoms with Gasteiger partial charge in [0.05, 0.1) is 26.4 Å². The smallest absolute Gasteiger partial charge is 0.408 e. The van der Waals surface area contributed by atoms with Gasteiger partial charge in [0.25, 0.3) is 0 Å². The number of ether oxygens (including phenoxy) is 3. The van der Waals surface area contributed by atoms with E-state index in [1.54, 1.807) is 32.9 Å². The maximum Gasteiger partial charge on any atom is 0.408 e. The maximum absolute atomic E-state index is 13.9. The molecule has 1 aromatic rings. The highest BCUT2D eigenvalue weighted by Gasteiger charge is 2.21. The molecule has 0 fully saturated rings. The molecule has 1 rings (SSSR count). The van der Waals surface area contributed by atoms with E-state index in [1.165, 1.54) is 19.2 Å². The van der Waals surface area contributed by atoms with Gasteiger partial charge in [-0.2, -0.15) is 0 Å². The van der Waals surface area contributed by atoms with Crippen LogP contribution in [0.15, 0.2) is 30.9 Å². The molecule has 128 valence electrons. The van der Waals surface area contributed by atoms with Crippen molar-refractivity contribution in [3.05, 3.63) is 42.2 Å². The van der Waals surface area contributed by atoms with E-state index in [0.29, 0.717) is 12.2 Å². The number of carbonyl (C=O) groups is 1. The van der Waals surface area contributed by atoms with Gasteiger partial charge in [-0.3, -0.25) is 0 Å². The van der Waals surface area contributed by atoms with Gasteiger partial charge < -0.3 is 19.5 Å². The monoisotopic (exact) mass is 325 g/mol. The van der Waals surface area contributed by atoms with Crippen LogP contribution < -0.4 is 10.1 Å². The van der Waals surface area contributed by atoms with E-state index in [1.807, 2.05) is 0 Å². The van der Waals surface area contributed by atoms with Crippen LogP contribution in [0.3, 0.4) is 0 Å². The van der Waals surface area contributed by atoms with Crippen LogP contribution >= 0.6 is 0 Å². The number of hydrogen-bond donors (Lipinski definition) is 1. The average Bonchev–Trinajstić information content (AvgIpc) is 2.44. The Bertz CT molecular complexity index is 540. The van der Waals surface area contributed by atoms with Gasteiger partial charge in [-0.15, -0.1) is 6.58 Å². The molecule has 0 unspecified atom stereocenters. The molecule has 23 heavy (non-hydrogen) atoms. The SMILES string of the molecule is C=CCOC[C@@H](NC(=O)OC(C)(C)C)c1ccc(OC)c(F)c1. The molecule has 1 atom stereocenters. The first kappa shape index (κ1) is 19.0. The fraction of sp³-hybridized carbons (Fsp3) is 0.471. The van der Waals surface area contributed by atoms with Gasteiger partial charge >= 0.3 is 6.09 Å². The highest BCUT2D eigenvalue weighted by atomic mass is 19.1. The molecule has 1 N–H and O–H groups in total. The lowest BCUT2D eigenvalue weighted by atomic mass is 10.1. The number of rotatable bonds is 7. The summed E-state index contributed by atoms with van der Waals surface area (Å²) in [6.45, 7) is 9.35. The van der Waals surface area contributed by atoms with Crippen LogP contribution in [0.2, 0.25) is 0 Å². The van der Waals surface area contributed by atoms with E-state index in [4.69, 9.17) is 14.2 Å². The van der Waals surface area contributed by atoms with Crippen LogP contribution in [-0.2, 0) is 9.47 Å². The average molecular weight is 325 g/mol. The van der Waals surface area contributed by atoms with Crippen molar-refractivity contribution in [1.29, 1.82) is 0 Å². The second-order valence-corrected chi connectivity index (χ2v) is 5.92. The minimum atomic E-state index is -0.623. The van der Waals surface area contributed by atoms with E-state index in [0.717, 1.165) is 0 Å². The molecule has 5 nitrogen and oxygen atoms in total. The zero-order valence-corrected chi connectivity index (χ0v) is 14.0. The van der Waals surface area contributed by atoms with Gasteiger partial charge in [-0.05, 0) is 38.5 Å². The van der Waals surface area contributed by atoms with Crippen LogP contribution in [0, 0.1) is 5.82 Å². The van der Waals surface area contributed by atoms with E-state index >= 15 is 0 Å². The molecule has 0 saturated carbocycles. The summed E-state index contributed by atoms with van der Waals surface area (Å²) in [5, 5.41) is 2.69. The third-order valence-electron chi connectivity index (χ3n) is 2.79. The number of carbonyl (C=O) groups excluding carboxylic acids is 1. The zero-order valence-electron chi connectivity index (χ0n) is 14.0. The predicted octanol–water partition coefficient (Wildman–Crippen LogP) is 3.60. The first-order valence-corrected chi connectivity index (χ1v) is 7.28. The van der Waals surface area contributed by atoms with Crippen molar-refractivity contribution in [3.8, 4) is 5.75 Å². The molecule has 0 aromatic heterocycles. The van der Waals surface area contributed by atoms with Gasteiger partial charge in [-0.25, -0.2) is 9.18 Å². The van der Waals surface area contributed by atoms with Crippen molar-refractivity contribution in [2.45, 2.75) is 32.4 Å². The van der Waals surface area contributed by atoms with Crippen molar-refractivity contribution in [2.75, 3.05) is 20.3 Å². The lowest BCUT2D eigenvalue weighted by molar-refractivity contribution is 0.0455. The quantitative estimate of drug-likeness (QED) is 0.615. The molecule has 1 amide bonds. The Morgan fingerprint density at radius 2 is 2.13 bits per heavy atom. The van der Waals surface area contributed by atoms with Crippen molar-refractivity contribution >= 4 is 6.09 Å². The van der Waals surface area contributed by atoms with Crippen LogP contribution in [0.1, 0.15) is 32.4 Å². The topological polar surface area (TPSA) is 56.8 Å². The molecule has 0 spiro atoms. The Balaban J connectivity index is 2.88. The van der Waals surface area contributed by atoms with Crippen molar-refractivity contribution < 1.29 is 23.4 Å². The predicted molar refractivity (Wildman–Crippen MR) is 86.1 cm³/mol. The summed E-state index contributed by atoms with van der Waals surface area (Å²) < 4.78 is 29.4. The van der Waals surface area contributed by atoms with Crippen LogP contribution in [0.25, 0.3) is 0 Å². The molecule has 0 radical (unpaired) electrons. The molecule has 0 heterocycles. The number of nitrogens with one attached hydrogen (secondary N) is 1. The lowest BCUT2D eigenvalue weighted by Crippen LogP contribution is -2.36. The Morgan fingerprint density at radius 3 is 2.65 bits per heavy atom. The Labute approximate surface area is 136 Å². The minimum absolute atomic E-state index is 0.136. The third kappa shape index (κ3) is 6.69. The summed E-state index contributed by atoms with van der Waals surface area (Å²) in [7, 11) is 1.39. The molecular formula is C17H24FNO4. The summed E-state index contributed by atoms with van der Waals surface area (Å²) in [5.74, 6) is -0.374. The highest BCUT2D eigenvalue weighted by molar-refractivity contribution is 5.68. The Hall–Kier alpha value is -2.08. The summed E-state index contributed by atoms with van der Waals surface area (Å²) in [4.78, 5) is 12.0. The summed E-state index contributed by atoms with van der Waals surface area (Å²) >= 11 is 0.